The van der Waals surface area contributed by atoms with E-state index in [-0.39, 0.29) is 17.8 Å². The van der Waals surface area contributed by atoms with Crippen molar-refractivity contribution in [1.82, 2.24) is 4.90 Å². The maximum Gasteiger partial charge on any atom is 0.310 e. The second kappa shape index (κ2) is 10.2. The Morgan fingerprint density at radius 3 is 2.62 bits per heavy atom. The van der Waals surface area contributed by atoms with Crippen LogP contribution >= 0.6 is 11.6 Å². The molecule has 0 fully saturated rings. The van der Waals surface area contributed by atoms with Crippen LogP contribution in [-0.2, 0) is 14.3 Å². The summed E-state index contributed by atoms with van der Waals surface area (Å²) in [6, 6.07) is 5.45. The zero-order chi connectivity index (χ0) is 18.1. The van der Waals surface area contributed by atoms with E-state index in [1.165, 1.54) is 7.11 Å². The number of amides is 1. The molecule has 0 N–H and O–H groups in total. The van der Waals surface area contributed by atoms with E-state index in [2.05, 4.69) is 0 Å². The molecule has 1 atom stereocenters. The molecule has 1 unspecified atom stereocenters. The Morgan fingerprint density at radius 2 is 2.04 bits per heavy atom. The number of esters is 1. The molecule has 5 nitrogen and oxygen atoms in total. The van der Waals surface area contributed by atoms with Gasteiger partial charge in [-0.3, -0.25) is 9.59 Å². The largest absolute Gasteiger partial charge is 0.493 e. The van der Waals surface area contributed by atoms with Crippen molar-refractivity contribution in [3.8, 4) is 5.75 Å². The fourth-order valence-corrected chi connectivity index (χ4v) is 2.58. The van der Waals surface area contributed by atoms with Crippen molar-refractivity contribution >= 4 is 23.5 Å². The molecular formula is C18H26ClNO4. The Morgan fingerprint density at radius 1 is 1.33 bits per heavy atom. The Hall–Kier alpha value is -1.75. The number of methoxy groups -OCH3 is 1. The first kappa shape index (κ1) is 20.3. The number of rotatable bonds is 9. The van der Waals surface area contributed by atoms with E-state index in [4.69, 9.17) is 21.1 Å². The average Bonchev–Trinajstić information content (AvgIpc) is 2.56. The molecule has 0 aliphatic carbocycles. The number of benzene rings is 1. The summed E-state index contributed by atoms with van der Waals surface area (Å²) in [4.78, 5) is 25.4. The van der Waals surface area contributed by atoms with E-state index in [1.807, 2.05) is 26.0 Å². The van der Waals surface area contributed by atoms with E-state index in [9.17, 15) is 9.59 Å². The first-order chi connectivity index (χ1) is 11.4. The van der Waals surface area contributed by atoms with Gasteiger partial charge in [-0.15, -0.1) is 0 Å². The summed E-state index contributed by atoms with van der Waals surface area (Å²) >= 11 is 5.91. The quantitative estimate of drug-likeness (QED) is 0.502. The van der Waals surface area contributed by atoms with Crippen LogP contribution in [0, 0.1) is 12.8 Å². The molecule has 1 amide bonds. The summed E-state index contributed by atoms with van der Waals surface area (Å²) in [5.74, 6) is 0.165. The van der Waals surface area contributed by atoms with Gasteiger partial charge in [0.25, 0.3) is 0 Å². The molecule has 0 aliphatic rings. The summed E-state index contributed by atoms with van der Waals surface area (Å²) in [6.45, 7) is 6.98. The van der Waals surface area contributed by atoms with Gasteiger partial charge in [-0.25, -0.2) is 0 Å². The molecular weight excluding hydrogens is 330 g/mol. The Labute approximate surface area is 148 Å². The standard InChI is InChI=1S/C18H26ClNO4/c1-5-20(12-14(3)18(22)23-4)17(21)7-6-10-24-16-9-8-15(19)11-13(16)2/h8-9,11,14H,5-7,10,12H2,1-4H3. The minimum atomic E-state index is -0.327. The topological polar surface area (TPSA) is 55.8 Å². The highest BCUT2D eigenvalue weighted by atomic mass is 35.5. The molecule has 0 bridgehead atoms. The number of nitrogens with zero attached hydrogens (tertiary/aromatic N) is 1. The van der Waals surface area contributed by atoms with E-state index in [0.29, 0.717) is 37.6 Å². The van der Waals surface area contributed by atoms with Crippen LogP contribution in [0.15, 0.2) is 18.2 Å². The molecule has 0 saturated carbocycles. The number of halogens is 1. The van der Waals surface area contributed by atoms with Crippen molar-refractivity contribution in [1.29, 1.82) is 0 Å². The van der Waals surface area contributed by atoms with Crippen molar-refractivity contribution in [2.45, 2.75) is 33.6 Å². The number of aryl methyl sites for hydroxylation is 1. The number of hydrogen-bond donors (Lipinski definition) is 0. The van der Waals surface area contributed by atoms with Gasteiger partial charge in [-0.1, -0.05) is 18.5 Å². The molecule has 1 rings (SSSR count). The van der Waals surface area contributed by atoms with Crippen molar-refractivity contribution < 1.29 is 19.1 Å². The van der Waals surface area contributed by atoms with Crippen LogP contribution in [0.25, 0.3) is 0 Å². The maximum absolute atomic E-state index is 12.2. The van der Waals surface area contributed by atoms with Crippen LogP contribution < -0.4 is 4.74 Å². The van der Waals surface area contributed by atoms with E-state index >= 15 is 0 Å². The summed E-state index contributed by atoms with van der Waals surface area (Å²) in [6.07, 6.45) is 0.998. The lowest BCUT2D eigenvalue weighted by Gasteiger charge is -2.23. The van der Waals surface area contributed by atoms with Gasteiger partial charge in [-0.2, -0.15) is 0 Å². The van der Waals surface area contributed by atoms with Crippen LogP contribution in [0.1, 0.15) is 32.3 Å². The van der Waals surface area contributed by atoms with Crippen LogP contribution in [0.2, 0.25) is 5.02 Å². The lowest BCUT2D eigenvalue weighted by atomic mass is 10.1. The summed E-state index contributed by atoms with van der Waals surface area (Å²) in [7, 11) is 1.35. The third-order valence-corrected chi connectivity index (χ3v) is 4.00. The normalized spacial score (nSPS) is 11.7. The highest BCUT2D eigenvalue weighted by Crippen LogP contribution is 2.22. The van der Waals surface area contributed by atoms with Crippen molar-refractivity contribution in [3.63, 3.8) is 0 Å². The molecule has 0 spiro atoms. The molecule has 0 radical (unpaired) electrons. The van der Waals surface area contributed by atoms with Gasteiger partial charge in [0, 0.05) is 24.5 Å². The highest BCUT2D eigenvalue weighted by Gasteiger charge is 2.20. The maximum atomic E-state index is 12.2. The van der Waals surface area contributed by atoms with Crippen molar-refractivity contribution in [2.75, 3.05) is 26.8 Å². The smallest absolute Gasteiger partial charge is 0.310 e. The van der Waals surface area contributed by atoms with Gasteiger partial charge < -0.3 is 14.4 Å². The number of carbonyl (C=O) groups excluding carboxylic acids is 2. The molecule has 1 aromatic rings. The molecule has 0 aliphatic heterocycles. The van der Waals surface area contributed by atoms with Gasteiger partial charge in [0.15, 0.2) is 0 Å². The fourth-order valence-electron chi connectivity index (χ4n) is 2.35. The van der Waals surface area contributed by atoms with Crippen molar-refractivity contribution in [3.05, 3.63) is 28.8 Å². The van der Waals surface area contributed by atoms with Gasteiger partial charge in [0.1, 0.15) is 5.75 Å². The Bertz CT molecular complexity index is 562. The Kier molecular flexibility index (Phi) is 8.61. The number of ether oxygens (including phenoxy) is 2. The molecule has 0 saturated heterocycles. The van der Waals surface area contributed by atoms with Gasteiger partial charge in [0.2, 0.25) is 5.91 Å². The summed E-state index contributed by atoms with van der Waals surface area (Å²) in [5.41, 5.74) is 0.968. The Balaban J connectivity index is 2.39. The zero-order valence-corrected chi connectivity index (χ0v) is 15.6. The third kappa shape index (κ3) is 6.40. The van der Waals surface area contributed by atoms with Crippen LogP contribution in [0.4, 0.5) is 0 Å². The van der Waals surface area contributed by atoms with Crippen LogP contribution in [0.3, 0.4) is 0 Å². The van der Waals surface area contributed by atoms with Gasteiger partial charge in [0.05, 0.1) is 19.6 Å². The SMILES string of the molecule is CCN(CC(C)C(=O)OC)C(=O)CCCOc1ccc(Cl)cc1C. The first-order valence-electron chi connectivity index (χ1n) is 8.13. The minimum absolute atomic E-state index is 0.0182. The third-order valence-electron chi connectivity index (χ3n) is 3.76. The van der Waals surface area contributed by atoms with Crippen LogP contribution in [-0.4, -0.2) is 43.6 Å². The molecule has 0 aromatic heterocycles. The molecule has 134 valence electrons. The zero-order valence-electron chi connectivity index (χ0n) is 14.8. The van der Waals surface area contributed by atoms with Gasteiger partial charge >= 0.3 is 5.97 Å². The molecule has 6 heteroatoms. The van der Waals surface area contributed by atoms with Crippen LogP contribution in [0.5, 0.6) is 5.75 Å². The van der Waals surface area contributed by atoms with E-state index in [1.54, 1.807) is 17.9 Å². The highest BCUT2D eigenvalue weighted by molar-refractivity contribution is 6.30. The lowest BCUT2D eigenvalue weighted by Crippen LogP contribution is -2.37. The number of hydrogen-bond acceptors (Lipinski definition) is 4. The minimum Gasteiger partial charge on any atom is -0.493 e. The predicted octanol–water partition coefficient (Wildman–Crippen LogP) is 3.47. The number of carbonyl (C=O) groups is 2. The second-order valence-corrected chi connectivity index (χ2v) is 6.15. The fraction of sp³-hybridized carbons (Fsp3) is 0.556. The second-order valence-electron chi connectivity index (χ2n) is 5.72. The predicted molar refractivity (Wildman–Crippen MR) is 94.4 cm³/mol. The lowest BCUT2D eigenvalue weighted by molar-refractivity contribution is -0.146. The molecule has 1 aromatic carbocycles. The monoisotopic (exact) mass is 355 g/mol. The van der Waals surface area contributed by atoms with Crippen molar-refractivity contribution in [2.24, 2.45) is 5.92 Å². The average molecular weight is 356 g/mol. The van der Waals surface area contributed by atoms with E-state index < -0.39 is 0 Å². The summed E-state index contributed by atoms with van der Waals surface area (Å²) in [5, 5.41) is 0.674. The van der Waals surface area contributed by atoms with Gasteiger partial charge in [-0.05, 0) is 44.0 Å². The summed E-state index contributed by atoms with van der Waals surface area (Å²) < 4.78 is 10.4. The first-order valence-corrected chi connectivity index (χ1v) is 8.51. The molecule has 24 heavy (non-hydrogen) atoms. The molecule has 0 heterocycles. The van der Waals surface area contributed by atoms with E-state index in [0.717, 1.165) is 11.3 Å².